The van der Waals surface area contributed by atoms with Gasteiger partial charge in [-0.3, -0.25) is 0 Å². The molecule has 0 bridgehead atoms. The van der Waals surface area contributed by atoms with Gasteiger partial charge in [-0.1, -0.05) is 12.1 Å². The molecule has 0 spiro atoms. The van der Waals surface area contributed by atoms with Gasteiger partial charge in [0.15, 0.2) is 11.5 Å². The molecule has 0 fully saturated rings. The summed E-state index contributed by atoms with van der Waals surface area (Å²) in [5, 5.41) is 25.0. The van der Waals surface area contributed by atoms with E-state index in [4.69, 9.17) is 0 Å². The molecule has 0 amide bonds. The van der Waals surface area contributed by atoms with Gasteiger partial charge in [0.2, 0.25) is 5.82 Å². The number of nitrogens with zero attached hydrogens (tertiary/aromatic N) is 8. The molecule has 9 nitrogen and oxygen atoms in total. The molecule has 22 heavy (non-hydrogen) atoms. The van der Waals surface area contributed by atoms with Crippen LogP contribution in [0.2, 0.25) is 0 Å². The van der Waals surface area contributed by atoms with Gasteiger partial charge >= 0.3 is 0 Å². The molecule has 3 aromatic heterocycles. The van der Waals surface area contributed by atoms with Crippen LogP contribution in [0.1, 0.15) is 30.9 Å². The molecule has 0 aromatic carbocycles. The number of alkyl halides is 2. The molecular formula is C11H13F2N9. The Morgan fingerprint density at radius 3 is 2.77 bits per heavy atom. The number of nitrogens with one attached hydrogen (secondary N) is 1. The zero-order valence-corrected chi connectivity index (χ0v) is 11.9. The van der Waals surface area contributed by atoms with Crippen molar-refractivity contribution in [3.8, 4) is 0 Å². The van der Waals surface area contributed by atoms with Gasteiger partial charge in [0.05, 0.1) is 0 Å². The predicted molar refractivity (Wildman–Crippen MR) is 71.6 cm³/mol. The van der Waals surface area contributed by atoms with E-state index >= 15 is 0 Å². The summed E-state index contributed by atoms with van der Waals surface area (Å²) in [5.41, 5.74) is 0.277. The van der Waals surface area contributed by atoms with Crippen LogP contribution in [0.4, 0.5) is 14.6 Å². The second-order valence-electron chi connectivity index (χ2n) is 4.87. The first-order valence-electron chi connectivity index (χ1n) is 6.51. The second kappa shape index (κ2) is 5.58. The smallest absolute Gasteiger partial charge is 0.299 e. The van der Waals surface area contributed by atoms with Crippen LogP contribution in [0.25, 0.3) is 5.65 Å². The van der Waals surface area contributed by atoms with Gasteiger partial charge in [-0.25, -0.2) is 8.78 Å². The van der Waals surface area contributed by atoms with Crippen LogP contribution in [0.3, 0.4) is 0 Å². The highest BCUT2D eigenvalue weighted by Gasteiger charge is 2.19. The van der Waals surface area contributed by atoms with E-state index < -0.39 is 12.2 Å². The minimum Gasteiger partial charge on any atom is -0.358 e. The molecule has 0 radical (unpaired) electrons. The first-order valence-corrected chi connectivity index (χ1v) is 6.51. The molecule has 1 unspecified atom stereocenters. The first kappa shape index (κ1) is 14.2. The Morgan fingerprint density at radius 1 is 1.27 bits per heavy atom. The van der Waals surface area contributed by atoms with Crippen LogP contribution >= 0.6 is 0 Å². The fourth-order valence-electron chi connectivity index (χ4n) is 2.10. The SMILES string of the molecule is CC(CN(C)c1ccc2nnc(C(F)F)n2n1)c1nn[nH]n1. The van der Waals surface area contributed by atoms with Crippen LogP contribution in [-0.2, 0) is 0 Å². The van der Waals surface area contributed by atoms with E-state index in [0.717, 1.165) is 4.52 Å². The van der Waals surface area contributed by atoms with Crippen molar-refractivity contribution in [3.63, 3.8) is 0 Å². The van der Waals surface area contributed by atoms with Crippen molar-refractivity contribution in [1.29, 1.82) is 0 Å². The highest BCUT2D eigenvalue weighted by atomic mass is 19.3. The van der Waals surface area contributed by atoms with Crippen LogP contribution in [-0.4, -0.2) is 54.0 Å². The number of anilines is 1. The largest absolute Gasteiger partial charge is 0.358 e. The Morgan fingerprint density at radius 2 is 2.09 bits per heavy atom. The van der Waals surface area contributed by atoms with Crippen LogP contribution in [0, 0.1) is 0 Å². The standard InChI is InChI=1S/C11H13F2N9/c1-6(10-15-19-20-16-10)5-21(2)8-4-3-7-14-17-11(9(12)13)22(7)18-8/h3-4,6,9H,5H2,1-2H3,(H,15,16,19,20). The number of likely N-dealkylation sites (N-methyl/N-ethyl adjacent to an activating group) is 1. The van der Waals surface area contributed by atoms with E-state index in [2.05, 4.69) is 35.9 Å². The molecule has 11 heteroatoms. The zero-order valence-electron chi connectivity index (χ0n) is 11.9. The maximum atomic E-state index is 12.9. The summed E-state index contributed by atoms with van der Waals surface area (Å²) in [4.78, 5) is 1.82. The molecule has 3 rings (SSSR count). The minimum atomic E-state index is -2.73. The molecule has 0 saturated carbocycles. The van der Waals surface area contributed by atoms with Crippen LogP contribution < -0.4 is 4.90 Å². The van der Waals surface area contributed by atoms with Gasteiger partial charge in [-0.05, 0) is 12.1 Å². The number of hydrogen-bond acceptors (Lipinski definition) is 7. The van der Waals surface area contributed by atoms with Crippen molar-refractivity contribution in [1.82, 2.24) is 40.4 Å². The van der Waals surface area contributed by atoms with E-state index in [0.29, 0.717) is 18.2 Å². The molecule has 116 valence electrons. The summed E-state index contributed by atoms with van der Waals surface area (Å²) < 4.78 is 26.8. The fourth-order valence-corrected chi connectivity index (χ4v) is 2.10. The lowest BCUT2D eigenvalue weighted by Gasteiger charge is -2.20. The quantitative estimate of drug-likeness (QED) is 0.744. The molecule has 3 heterocycles. The number of fused-ring (bicyclic) bond motifs is 1. The van der Waals surface area contributed by atoms with Crippen molar-refractivity contribution in [2.75, 3.05) is 18.5 Å². The molecule has 0 aliphatic heterocycles. The highest BCUT2D eigenvalue weighted by molar-refractivity contribution is 5.45. The van der Waals surface area contributed by atoms with Crippen molar-refractivity contribution >= 4 is 11.5 Å². The third kappa shape index (κ3) is 2.56. The lowest BCUT2D eigenvalue weighted by atomic mass is 10.1. The summed E-state index contributed by atoms with van der Waals surface area (Å²) in [7, 11) is 1.80. The Kier molecular flexibility index (Phi) is 3.61. The molecule has 1 atom stereocenters. The third-order valence-electron chi connectivity index (χ3n) is 3.21. The van der Waals surface area contributed by atoms with Gasteiger partial charge in [0.25, 0.3) is 6.43 Å². The number of halogens is 2. The summed E-state index contributed by atoms with van der Waals surface area (Å²) in [5.74, 6) is 0.614. The Labute approximate surface area is 123 Å². The monoisotopic (exact) mass is 309 g/mol. The molecule has 3 aromatic rings. The van der Waals surface area contributed by atoms with Gasteiger partial charge < -0.3 is 4.90 Å². The number of aromatic nitrogens is 8. The van der Waals surface area contributed by atoms with E-state index in [1.807, 2.05) is 11.8 Å². The van der Waals surface area contributed by atoms with Crippen molar-refractivity contribution in [2.24, 2.45) is 0 Å². The average Bonchev–Trinajstić information content (AvgIpc) is 3.15. The predicted octanol–water partition coefficient (Wildman–Crippen LogP) is 0.815. The third-order valence-corrected chi connectivity index (χ3v) is 3.21. The number of tetrazole rings is 1. The fraction of sp³-hybridized carbons (Fsp3) is 0.455. The van der Waals surface area contributed by atoms with E-state index in [9.17, 15) is 8.78 Å². The Balaban J connectivity index is 1.84. The van der Waals surface area contributed by atoms with Crippen LogP contribution in [0.15, 0.2) is 12.1 Å². The summed E-state index contributed by atoms with van der Waals surface area (Å²) in [6.07, 6.45) is -2.73. The topological polar surface area (TPSA) is 101 Å². The van der Waals surface area contributed by atoms with Gasteiger partial charge in [-0.15, -0.1) is 25.5 Å². The zero-order chi connectivity index (χ0) is 15.7. The normalized spacial score (nSPS) is 13.0. The lowest BCUT2D eigenvalue weighted by Crippen LogP contribution is -2.25. The lowest BCUT2D eigenvalue weighted by molar-refractivity contribution is 0.137. The Bertz CT molecular complexity index is 754. The number of H-pyrrole nitrogens is 1. The number of aromatic amines is 1. The first-order chi connectivity index (χ1) is 10.6. The molecule has 0 aliphatic rings. The van der Waals surface area contributed by atoms with Crippen molar-refractivity contribution in [2.45, 2.75) is 19.3 Å². The number of rotatable bonds is 5. The summed E-state index contributed by atoms with van der Waals surface area (Å²) in [6, 6.07) is 3.29. The minimum absolute atomic E-state index is 0.00303. The maximum Gasteiger partial charge on any atom is 0.299 e. The maximum absolute atomic E-state index is 12.9. The van der Waals surface area contributed by atoms with Crippen molar-refractivity contribution in [3.05, 3.63) is 23.8 Å². The summed E-state index contributed by atoms with van der Waals surface area (Å²) >= 11 is 0. The highest BCUT2D eigenvalue weighted by Crippen LogP contribution is 2.19. The van der Waals surface area contributed by atoms with E-state index in [-0.39, 0.29) is 11.6 Å². The second-order valence-corrected chi connectivity index (χ2v) is 4.87. The molecule has 0 saturated heterocycles. The Hall–Kier alpha value is -2.72. The van der Waals surface area contributed by atoms with Gasteiger partial charge in [-0.2, -0.15) is 9.73 Å². The average molecular weight is 309 g/mol. The number of hydrogen-bond donors (Lipinski definition) is 1. The van der Waals surface area contributed by atoms with Crippen LogP contribution in [0.5, 0.6) is 0 Å². The van der Waals surface area contributed by atoms with E-state index in [1.165, 1.54) is 0 Å². The van der Waals surface area contributed by atoms with Gasteiger partial charge in [0.1, 0.15) is 5.82 Å². The summed E-state index contributed by atoms with van der Waals surface area (Å²) in [6.45, 7) is 2.48. The molecule has 0 aliphatic carbocycles. The van der Waals surface area contributed by atoms with Crippen molar-refractivity contribution < 1.29 is 8.78 Å². The molecular weight excluding hydrogens is 296 g/mol. The van der Waals surface area contributed by atoms with E-state index in [1.54, 1.807) is 19.2 Å². The molecule has 1 N–H and O–H groups in total. The van der Waals surface area contributed by atoms with Gasteiger partial charge in [0, 0.05) is 19.5 Å².